The third-order valence-electron chi connectivity index (χ3n) is 2.76. The van der Waals surface area contributed by atoms with Crippen molar-refractivity contribution in [2.45, 2.75) is 37.7 Å². The summed E-state index contributed by atoms with van der Waals surface area (Å²) in [6.45, 7) is 0. The standard InChI is InChI=1S/C7H11Br3O5S2/c8-7(9,10)16(11,12)5-2-1-3-6(4-5)17(13,14)15/h5-6H,1-4H2,(H,13,14,15). The van der Waals surface area contributed by atoms with Crippen LogP contribution in [0.3, 0.4) is 0 Å². The Morgan fingerprint density at radius 1 is 1.00 bits per heavy atom. The van der Waals surface area contributed by atoms with Gasteiger partial charge < -0.3 is 0 Å². The van der Waals surface area contributed by atoms with Crippen LogP contribution in [0.5, 0.6) is 0 Å². The summed E-state index contributed by atoms with van der Waals surface area (Å²) < 4.78 is 53.7. The number of halogens is 3. The minimum Gasteiger partial charge on any atom is -0.285 e. The zero-order valence-electron chi connectivity index (χ0n) is 8.51. The summed E-state index contributed by atoms with van der Waals surface area (Å²) in [5, 5.41) is -1.80. The van der Waals surface area contributed by atoms with Crippen molar-refractivity contribution in [3.63, 3.8) is 0 Å². The molecule has 0 aromatic carbocycles. The first-order valence-electron chi connectivity index (χ1n) is 4.72. The zero-order valence-corrected chi connectivity index (χ0v) is 14.9. The molecule has 1 N–H and O–H groups in total. The average Bonchev–Trinajstić information content (AvgIpc) is 2.15. The number of hydrogen-bond acceptors (Lipinski definition) is 4. The molecule has 0 saturated heterocycles. The Bertz CT molecular complexity index is 478. The van der Waals surface area contributed by atoms with Crippen molar-refractivity contribution >= 4 is 67.7 Å². The summed E-state index contributed by atoms with van der Waals surface area (Å²) in [4.78, 5) is 0. The summed E-state index contributed by atoms with van der Waals surface area (Å²) in [6.07, 6.45) is 1.06. The van der Waals surface area contributed by atoms with Crippen molar-refractivity contribution in [2.24, 2.45) is 0 Å². The fourth-order valence-corrected chi connectivity index (χ4v) is 6.62. The van der Waals surface area contributed by atoms with Gasteiger partial charge in [-0.1, -0.05) is 6.42 Å². The maximum absolute atomic E-state index is 12.1. The van der Waals surface area contributed by atoms with Gasteiger partial charge in [0.2, 0.25) is 1.47 Å². The van der Waals surface area contributed by atoms with Crippen LogP contribution < -0.4 is 0 Å². The van der Waals surface area contributed by atoms with Crippen LogP contribution in [0.4, 0.5) is 0 Å². The molecule has 0 radical (unpaired) electrons. The lowest BCUT2D eigenvalue weighted by Crippen LogP contribution is -2.39. The molecule has 17 heavy (non-hydrogen) atoms. The second-order valence-corrected chi connectivity index (χ2v) is 16.3. The highest BCUT2D eigenvalue weighted by molar-refractivity contribution is 9.42. The molecular weight excluding hydrogens is 468 g/mol. The monoisotopic (exact) mass is 476 g/mol. The van der Waals surface area contributed by atoms with Gasteiger partial charge in [0.05, 0.1) is 10.5 Å². The van der Waals surface area contributed by atoms with E-state index in [1.165, 1.54) is 0 Å². The van der Waals surface area contributed by atoms with Gasteiger partial charge in [-0.25, -0.2) is 8.42 Å². The maximum atomic E-state index is 12.1. The Balaban J connectivity index is 2.96. The molecule has 0 heterocycles. The van der Waals surface area contributed by atoms with Crippen molar-refractivity contribution in [2.75, 3.05) is 0 Å². The summed E-state index contributed by atoms with van der Waals surface area (Å²) in [6, 6.07) is 0. The van der Waals surface area contributed by atoms with Crippen LogP contribution in [-0.2, 0) is 20.0 Å². The van der Waals surface area contributed by atoms with E-state index in [-0.39, 0.29) is 6.42 Å². The van der Waals surface area contributed by atoms with Crippen LogP contribution in [0.25, 0.3) is 0 Å². The first-order chi connectivity index (χ1) is 7.46. The lowest BCUT2D eigenvalue weighted by Gasteiger charge is -2.29. The molecule has 0 bridgehead atoms. The normalized spacial score (nSPS) is 28.0. The third-order valence-corrected chi connectivity index (χ3v) is 10.0. The van der Waals surface area contributed by atoms with E-state index in [1.54, 1.807) is 0 Å². The molecule has 5 nitrogen and oxygen atoms in total. The molecule has 0 aromatic rings. The van der Waals surface area contributed by atoms with E-state index in [0.717, 1.165) is 0 Å². The minimum atomic E-state index is -4.17. The van der Waals surface area contributed by atoms with E-state index in [0.29, 0.717) is 19.3 Å². The van der Waals surface area contributed by atoms with E-state index >= 15 is 0 Å². The maximum Gasteiger partial charge on any atom is 0.267 e. The van der Waals surface area contributed by atoms with Crippen molar-refractivity contribution < 1.29 is 21.4 Å². The van der Waals surface area contributed by atoms with Crippen LogP contribution in [0.1, 0.15) is 25.7 Å². The Morgan fingerprint density at radius 3 is 1.88 bits per heavy atom. The van der Waals surface area contributed by atoms with Gasteiger partial charge in [-0.15, -0.1) is 0 Å². The van der Waals surface area contributed by atoms with Crippen molar-refractivity contribution in [1.82, 2.24) is 0 Å². The Kier molecular flexibility index (Phi) is 5.15. The van der Waals surface area contributed by atoms with Gasteiger partial charge in [-0.2, -0.15) is 8.42 Å². The van der Waals surface area contributed by atoms with Crippen molar-refractivity contribution in [1.29, 1.82) is 0 Å². The van der Waals surface area contributed by atoms with Crippen LogP contribution in [-0.4, -0.2) is 33.4 Å². The predicted octanol–water partition coefficient (Wildman–Crippen LogP) is 2.40. The number of sulfone groups is 1. The second kappa shape index (κ2) is 5.35. The van der Waals surface area contributed by atoms with Gasteiger partial charge >= 0.3 is 0 Å². The van der Waals surface area contributed by atoms with E-state index in [1.807, 2.05) is 0 Å². The smallest absolute Gasteiger partial charge is 0.267 e. The van der Waals surface area contributed by atoms with Crippen molar-refractivity contribution in [3.05, 3.63) is 0 Å². The highest BCUT2D eigenvalue weighted by atomic mass is 80.0. The van der Waals surface area contributed by atoms with Gasteiger partial charge in [0.1, 0.15) is 0 Å². The molecule has 0 amide bonds. The lowest BCUT2D eigenvalue weighted by atomic mass is 10.00. The highest BCUT2D eigenvalue weighted by Crippen LogP contribution is 2.44. The summed E-state index contributed by atoms with van der Waals surface area (Å²) in [7, 11) is -7.79. The van der Waals surface area contributed by atoms with E-state index < -0.39 is 31.9 Å². The molecule has 1 aliphatic carbocycles. The Labute approximate surface area is 126 Å². The largest absolute Gasteiger partial charge is 0.285 e. The summed E-state index contributed by atoms with van der Waals surface area (Å²) in [5.41, 5.74) is 0. The Hall–Kier alpha value is 1.30. The molecule has 0 spiro atoms. The summed E-state index contributed by atoms with van der Waals surface area (Å²) in [5.74, 6) is 0. The van der Waals surface area contributed by atoms with E-state index in [9.17, 15) is 16.8 Å². The van der Waals surface area contributed by atoms with Gasteiger partial charge in [0, 0.05) is 0 Å². The van der Waals surface area contributed by atoms with E-state index in [2.05, 4.69) is 47.8 Å². The first kappa shape index (κ1) is 16.4. The topological polar surface area (TPSA) is 88.5 Å². The van der Waals surface area contributed by atoms with Gasteiger partial charge in [-0.3, -0.25) is 4.55 Å². The molecule has 0 aliphatic heterocycles. The van der Waals surface area contributed by atoms with Crippen LogP contribution >= 0.6 is 47.8 Å². The highest BCUT2D eigenvalue weighted by Gasteiger charge is 2.45. The molecule has 102 valence electrons. The molecule has 2 unspecified atom stereocenters. The molecule has 10 heteroatoms. The van der Waals surface area contributed by atoms with Gasteiger partial charge in [0.15, 0.2) is 9.84 Å². The number of alkyl halides is 3. The molecule has 1 fully saturated rings. The molecule has 0 aromatic heterocycles. The predicted molar refractivity (Wildman–Crippen MR) is 76.0 cm³/mol. The fraction of sp³-hybridized carbons (Fsp3) is 1.00. The van der Waals surface area contributed by atoms with Gasteiger partial charge in [0.25, 0.3) is 10.1 Å². The zero-order chi connectivity index (χ0) is 13.5. The van der Waals surface area contributed by atoms with Crippen LogP contribution in [0.2, 0.25) is 0 Å². The van der Waals surface area contributed by atoms with E-state index in [4.69, 9.17) is 4.55 Å². The lowest BCUT2D eigenvalue weighted by molar-refractivity contribution is 0.423. The molecule has 1 saturated carbocycles. The molecule has 2 atom stereocenters. The average molecular weight is 479 g/mol. The second-order valence-electron chi connectivity index (χ2n) is 3.92. The van der Waals surface area contributed by atoms with Crippen LogP contribution in [0.15, 0.2) is 0 Å². The first-order valence-corrected chi connectivity index (χ1v) is 10.2. The fourth-order valence-electron chi connectivity index (χ4n) is 1.84. The SMILES string of the molecule is O=S(=O)(O)C1CCCC(S(=O)(=O)C(Br)(Br)Br)C1. The Morgan fingerprint density at radius 2 is 1.47 bits per heavy atom. The molecule has 1 rings (SSSR count). The third kappa shape index (κ3) is 3.88. The minimum absolute atomic E-state index is 0.0777. The summed E-state index contributed by atoms with van der Waals surface area (Å²) >= 11 is 8.82. The quantitative estimate of drug-likeness (QED) is 0.486. The van der Waals surface area contributed by atoms with Gasteiger partial charge in [-0.05, 0) is 67.1 Å². The molecular formula is C7H11Br3O5S2. The number of hydrogen-bond donors (Lipinski definition) is 1. The van der Waals surface area contributed by atoms with Crippen LogP contribution in [0, 0.1) is 0 Å². The molecule has 1 aliphatic rings. The number of rotatable bonds is 2. The van der Waals surface area contributed by atoms with Crippen molar-refractivity contribution in [3.8, 4) is 0 Å².